The smallest absolute Gasteiger partial charge is 0.243 e. The number of hydrogen-bond acceptors (Lipinski definition) is 3. The summed E-state index contributed by atoms with van der Waals surface area (Å²) in [5.74, 6) is 0.236. The lowest BCUT2D eigenvalue weighted by molar-refractivity contribution is -0.148. The Kier molecular flexibility index (Phi) is 4.53. The first-order valence-corrected chi connectivity index (χ1v) is 11.5. The van der Waals surface area contributed by atoms with Crippen molar-refractivity contribution in [2.45, 2.75) is 25.4 Å². The van der Waals surface area contributed by atoms with Crippen molar-refractivity contribution >= 4 is 17.7 Å². The van der Waals surface area contributed by atoms with E-state index in [9.17, 15) is 14.4 Å². The van der Waals surface area contributed by atoms with Gasteiger partial charge in [-0.3, -0.25) is 19.3 Å². The van der Waals surface area contributed by atoms with Gasteiger partial charge in [-0.1, -0.05) is 72.8 Å². The lowest BCUT2D eigenvalue weighted by Crippen LogP contribution is -2.51. The summed E-state index contributed by atoms with van der Waals surface area (Å²) in [5, 5.41) is 2.97. The highest BCUT2D eigenvalue weighted by atomic mass is 16.2. The normalized spacial score (nSPS) is 32.4. The Morgan fingerprint density at radius 2 is 1.38 bits per heavy atom. The molecule has 3 fully saturated rings. The highest BCUT2D eigenvalue weighted by Gasteiger charge is 2.67. The molecule has 2 bridgehead atoms. The van der Waals surface area contributed by atoms with Gasteiger partial charge in [-0.15, -0.1) is 0 Å². The van der Waals surface area contributed by atoms with E-state index in [1.165, 1.54) is 4.90 Å². The maximum atomic E-state index is 13.6. The van der Waals surface area contributed by atoms with Crippen molar-refractivity contribution in [1.82, 2.24) is 10.2 Å². The van der Waals surface area contributed by atoms with E-state index >= 15 is 0 Å². The van der Waals surface area contributed by atoms with Gasteiger partial charge in [-0.05, 0) is 41.2 Å². The molecule has 2 aromatic carbocycles. The van der Waals surface area contributed by atoms with Crippen molar-refractivity contribution in [3.63, 3.8) is 0 Å². The summed E-state index contributed by atoms with van der Waals surface area (Å²) in [7, 11) is 0. The van der Waals surface area contributed by atoms with Crippen molar-refractivity contribution in [2.75, 3.05) is 0 Å². The molecule has 5 nitrogen and oxygen atoms in total. The summed E-state index contributed by atoms with van der Waals surface area (Å²) < 4.78 is 0. The molecule has 162 valence electrons. The van der Waals surface area contributed by atoms with Gasteiger partial charge in [0.1, 0.15) is 6.04 Å². The molecule has 1 aliphatic heterocycles. The minimum absolute atomic E-state index is 0.152. The number of carbonyl (C=O) groups is 3. The molecule has 1 heterocycles. The van der Waals surface area contributed by atoms with Crippen LogP contribution in [0.3, 0.4) is 0 Å². The van der Waals surface area contributed by atoms with Crippen LogP contribution in [0.15, 0.2) is 72.8 Å². The van der Waals surface area contributed by atoms with Crippen molar-refractivity contribution in [1.29, 1.82) is 0 Å². The van der Waals surface area contributed by atoms with Crippen LogP contribution in [0.5, 0.6) is 0 Å². The Hall–Kier alpha value is -3.21. The Balaban J connectivity index is 1.29. The minimum atomic E-state index is -0.831. The number of nitrogens with zero attached hydrogens (tertiary/aromatic N) is 1. The van der Waals surface area contributed by atoms with E-state index in [4.69, 9.17) is 0 Å². The third-order valence-electron chi connectivity index (χ3n) is 7.89. The predicted molar refractivity (Wildman–Crippen MR) is 119 cm³/mol. The average Bonchev–Trinajstić information content (AvgIpc) is 3.61. The molecule has 3 amide bonds. The number of allylic oxidation sites excluding steroid dienone is 2. The zero-order valence-electron chi connectivity index (χ0n) is 17.8. The van der Waals surface area contributed by atoms with Crippen molar-refractivity contribution < 1.29 is 14.4 Å². The first-order valence-electron chi connectivity index (χ1n) is 11.5. The van der Waals surface area contributed by atoms with Gasteiger partial charge in [0.2, 0.25) is 17.7 Å². The van der Waals surface area contributed by atoms with E-state index in [1.54, 1.807) is 0 Å². The number of carbonyl (C=O) groups excluding carboxylic acids is 3. The van der Waals surface area contributed by atoms with E-state index in [2.05, 4.69) is 17.5 Å². The SMILES string of the molecule is O=C(NCc1ccccc1)[C@H](Cc1ccccc1)N1C(=O)[C@@H]2[C@@H]3C=C[C@H]([C@H]4C[C@H]34)[C@@H]2C1=O. The summed E-state index contributed by atoms with van der Waals surface area (Å²) in [6.45, 7) is 0.366. The molecule has 32 heavy (non-hydrogen) atoms. The molecular weight excluding hydrogens is 400 g/mol. The first-order chi connectivity index (χ1) is 15.6. The van der Waals surface area contributed by atoms with Gasteiger partial charge in [0.25, 0.3) is 0 Å². The van der Waals surface area contributed by atoms with Crippen molar-refractivity contribution in [2.24, 2.45) is 35.5 Å². The standard InChI is InChI=1S/C27H26N2O3/c30-25(28-15-17-9-5-2-6-10-17)22(13-16-7-3-1-4-8-16)29-26(31)23-18-11-12-19(21-14-20(18)21)24(23)27(29)32/h1-12,18-24H,13-15H2,(H,28,30)/t18-,19-,20-,21-,22+,23-,24+/m1/s1. The largest absolute Gasteiger partial charge is 0.350 e. The Morgan fingerprint density at radius 3 is 1.94 bits per heavy atom. The number of imide groups is 1. The zero-order valence-corrected chi connectivity index (χ0v) is 17.8. The average molecular weight is 427 g/mol. The molecular formula is C27H26N2O3. The second-order valence-corrected chi connectivity index (χ2v) is 9.61. The molecule has 7 atom stereocenters. The van der Waals surface area contributed by atoms with Crippen LogP contribution in [-0.4, -0.2) is 28.7 Å². The summed E-state index contributed by atoms with van der Waals surface area (Å²) in [4.78, 5) is 41.9. The Bertz CT molecular complexity index is 1060. The Morgan fingerprint density at radius 1 is 0.844 bits per heavy atom. The monoisotopic (exact) mass is 426 g/mol. The van der Waals surface area contributed by atoms with E-state index < -0.39 is 6.04 Å². The fourth-order valence-corrected chi connectivity index (χ4v) is 6.33. The van der Waals surface area contributed by atoms with Crippen LogP contribution in [0.1, 0.15) is 17.5 Å². The van der Waals surface area contributed by atoms with Gasteiger partial charge >= 0.3 is 0 Å². The van der Waals surface area contributed by atoms with Crippen LogP contribution < -0.4 is 5.32 Å². The lowest BCUT2D eigenvalue weighted by atomic mass is 9.63. The van der Waals surface area contributed by atoms with E-state index in [1.807, 2.05) is 60.7 Å². The quantitative estimate of drug-likeness (QED) is 0.571. The summed E-state index contributed by atoms with van der Waals surface area (Å²) >= 11 is 0. The molecule has 2 saturated carbocycles. The van der Waals surface area contributed by atoms with Crippen LogP contribution >= 0.6 is 0 Å². The molecule has 4 aliphatic carbocycles. The van der Waals surface area contributed by atoms with Gasteiger partial charge < -0.3 is 5.32 Å². The number of benzene rings is 2. The maximum Gasteiger partial charge on any atom is 0.243 e. The number of hydrogen-bond donors (Lipinski definition) is 1. The van der Waals surface area contributed by atoms with Crippen LogP contribution in [-0.2, 0) is 27.3 Å². The molecule has 1 saturated heterocycles. The first kappa shape index (κ1) is 19.5. The number of nitrogens with one attached hydrogen (secondary N) is 1. The minimum Gasteiger partial charge on any atom is -0.350 e. The van der Waals surface area contributed by atoms with Crippen LogP contribution in [0.2, 0.25) is 0 Å². The topological polar surface area (TPSA) is 66.5 Å². The number of amides is 3. The molecule has 5 heteroatoms. The van der Waals surface area contributed by atoms with E-state index in [0.717, 1.165) is 17.5 Å². The van der Waals surface area contributed by atoms with Gasteiger partial charge in [0.05, 0.1) is 11.8 Å². The molecule has 0 spiro atoms. The summed E-state index contributed by atoms with van der Waals surface area (Å²) in [5.41, 5.74) is 1.92. The van der Waals surface area contributed by atoms with Crippen LogP contribution in [0.25, 0.3) is 0 Å². The van der Waals surface area contributed by atoms with Gasteiger partial charge in [-0.25, -0.2) is 0 Å². The lowest BCUT2D eigenvalue weighted by Gasteiger charge is -2.37. The molecule has 5 aliphatic rings. The zero-order chi connectivity index (χ0) is 21.8. The van der Waals surface area contributed by atoms with Crippen molar-refractivity contribution in [3.05, 3.63) is 83.9 Å². The maximum absolute atomic E-state index is 13.6. The van der Waals surface area contributed by atoms with Crippen molar-refractivity contribution in [3.8, 4) is 0 Å². The number of likely N-dealkylation sites (tertiary alicyclic amines) is 1. The van der Waals surface area contributed by atoms with E-state index in [0.29, 0.717) is 24.8 Å². The van der Waals surface area contributed by atoms with Gasteiger partial charge in [-0.2, -0.15) is 0 Å². The van der Waals surface area contributed by atoms with Crippen LogP contribution in [0, 0.1) is 35.5 Å². The molecule has 1 N–H and O–H groups in total. The summed E-state index contributed by atoms with van der Waals surface area (Å²) in [6.07, 6.45) is 5.78. The molecule has 2 aromatic rings. The number of rotatable bonds is 6. The molecule has 0 unspecified atom stereocenters. The Labute approximate surface area is 187 Å². The van der Waals surface area contributed by atoms with Gasteiger partial charge in [0.15, 0.2) is 0 Å². The second-order valence-electron chi connectivity index (χ2n) is 9.61. The molecule has 0 radical (unpaired) electrons. The highest BCUT2D eigenvalue weighted by molar-refractivity contribution is 6.09. The van der Waals surface area contributed by atoms with Crippen LogP contribution in [0.4, 0.5) is 0 Å². The fraction of sp³-hybridized carbons (Fsp3) is 0.370. The third kappa shape index (κ3) is 3.02. The second kappa shape index (κ2) is 7.44. The predicted octanol–water partition coefficient (Wildman–Crippen LogP) is 2.97. The van der Waals surface area contributed by atoms with Gasteiger partial charge in [0, 0.05) is 13.0 Å². The third-order valence-corrected chi connectivity index (χ3v) is 7.89. The fourth-order valence-electron chi connectivity index (χ4n) is 6.33. The molecule has 7 rings (SSSR count). The highest BCUT2D eigenvalue weighted by Crippen LogP contribution is 2.65. The summed E-state index contributed by atoms with van der Waals surface area (Å²) in [6, 6.07) is 18.5. The molecule has 0 aromatic heterocycles. The van der Waals surface area contributed by atoms with E-state index in [-0.39, 0.29) is 41.4 Å².